The van der Waals surface area contributed by atoms with Gasteiger partial charge in [-0.1, -0.05) is 24.4 Å². The number of piperidine rings is 1. The van der Waals surface area contributed by atoms with Crippen molar-refractivity contribution in [2.45, 2.75) is 12.8 Å². The van der Waals surface area contributed by atoms with E-state index in [-0.39, 0.29) is 0 Å². The summed E-state index contributed by atoms with van der Waals surface area (Å²) in [5, 5.41) is 3.49. The Balaban J connectivity index is 1.92. The van der Waals surface area contributed by atoms with Crippen LogP contribution < -0.4 is 11.1 Å². The molecule has 0 bridgehead atoms. The lowest BCUT2D eigenvalue weighted by atomic mass is 9.97. The molecule has 0 radical (unpaired) electrons. The molecule has 2 rings (SSSR count). The second-order valence-corrected chi connectivity index (χ2v) is 5.48. The Labute approximate surface area is 114 Å². The fourth-order valence-electron chi connectivity index (χ4n) is 2.37. The molecule has 0 unspecified atom stereocenters. The molecule has 1 fully saturated rings. The molecule has 4 heteroatoms. The van der Waals surface area contributed by atoms with E-state index in [4.69, 9.17) is 18.0 Å². The molecule has 3 nitrogen and oxygen atoms in total. The number of nitrogens with two attached hydrogens (primary N) is 1. The topological polar surface area (TPSA) is 41.3 Å². The summed E-state index contributed by atoms with van der Waals surface area (Å²) in [5.41, 5.74) is 7.73. The number of anilines is 1. The van der Waals surface area contributed by atoms with E-state index in [1.807, 2.05) is 24.3 Å². The molecular weight excluding hydrogens is 242 g/mol. The van der Waals surface area contributed by atoms with Crippen LogP contribution in [0.5, 0.6) is 0 Å². The van der Waals surface area contributed by atoms with E-state index in [1.54, 1.807) is 0 Å². The third kappa shape index (κ3) is 3.43. The van der Waals surface area contributed by atoms with E-state index < -0.39 is 0 Å². The summed E-state index contributed by atoms with van der Waals surface area (Å²) in [6.45, 7) is 3.40. The second-order valence-electron chi connectivity index (χ2n) is 5.04. The summed E-state index contributed by atoms with van der Waals surface area (Å²) >= 11 is 5.07. The van der Waals surface area contributed by atoms with Gasteiger partial charge >= 0.3 is 0 Å². The second kappa shape index (κ2) is 6.16. The number of benzene rings is 1. The molecule has 3 N–H and O–H groups in total. The summed E-state index contributed by atoms with van der Waals surface area (Å²) in [6, 6.07) is 8.00. The first-order valence-corrected chi connectivity index (χ1v) is 6.89. The van der Waals surface area contributed by atoms with E-state index in [0.717, 1.165) is 23.7 Å². The molecule has 0 aliphatic carbocycles. The van der Waals surface area contributed by atoms with Gasteiger partial charge in [0.25, 0.3) is 0 Å². The average Bonchev–Trinajstić information content (AvgIpc) is 2.38. The van der Waals surface area contributed by atoms with Gasteiger partial charge in [-0.05, 0) is 51.0 Å². The predicted octanol–water partition coefficient (Wildman–Crippen LogP) is 2.07. The lowest BCUT2D eigenvalue weighted by Crippen LogP contribution is -2.33. The minimum Gasteiger partial charge on any atom is -0.389 e. The van der Waals surface area contributed by atoms with Crippen molar-refractivity contribution in [1.29, 1.82) is 0 Å². The van der Waals surface area contributed by atoms with Crippen LogP contribution in [0.4, 0.5) is 5.69 Å². The number of rotatable bonds is 4. The quantitative estimate of drug-likeness (QED) is 0.816. The molecule has 1 aliphatic heterocycles. The zero-order valence-corrected chi connectivity index (χ0v) is 11.7. The van der Waals surface area contributed by atoms with E-state index in [0.29, 0.717) is 4.99 Å². The van der Waals surface area contributed by atoms with Crippen LogP contribution in [0.2, 0.25) is 0 Å². The zero-order valence-electron chi connectivity index (χ0n) is 10.9. The van der Waals surface area contributed by atoms with Crippen molar-refractivity contribution in [3.8, 4) is 0 Å². The molecule has 1 saturated heterocycles. The monoisotopic (exact) mass is 263 g/mol. The van der Waals surface area contributed by atoms with Gasteiger partial charge in [0.2, 0.25) is 0 Å². The number of thiocarbonyl (C=S) groups is 1. The van der Waals surface area contributed by atoms with Crippen LogP contribution in [0, 0.1) is 5.92 Å². The Morgan fingerprint density at radius 2 is 2.06 bits per heavy atom. The first kappa shape index (κ1) is 13.3. The number of nitrogens with one attached hydrogen (secondary N) is 1. The van der Waals surface area contributed by atoms with Gasteiger partial charge in [0.15, 0.2) is 0 Å². The van der Waals surface area contributed by atoms with Crippen molar-refractivity contribution < 1.29 is 0 Å². The minimum absolute atomic E-state index is 0.460. The third-order valence-electron chi connectivity index (χ3n) is 3.61. The molecule has 0 spiro atoms. The molecule has 0 atom stereocenters. The van der Waals surface area contributed by atoms with Crippen LogP contribution in [0.3, 0.4) is 0 Å². The summed E-state index contributed by atoms with van der Waals surface area (Å²) < 4.78 is 0. The molecule has 18 heavy (non-hydrogen) atoms. The fraction of sp³-hybridized carbons (Fsp3) is 0.500. The molecule has 1 aromatic carbocycles. The number of para-hydroxylation sites is 1. The highest BCUT2D eigenvalue weighted by Crippen LogP contribution is 2.19. The summed E-state index contributed by atoms with van der Waals surface area (Å²) in [5.74, 6) is 0.751. The third-order valence-corrected chi connectivity index (χ3v) is 3.83. The van der Waals surface area contributed by atoms with Crippen LogP contribution in [0.1, 0.15) is 18.4 Å². The zero-order chi connectivity index (χ0) is 13.0. The number of hydrogen-bond acceptors (Lipinski definition) is 3. The van der Waals surface area contributed by atoms with Crippen LogP contribution >= 0.6 is 12.2 Å². The van der Waals surface area contributed by atoms with Crippen molar-refractivity contribution >= 4 is 22.9 Å². The van der Waals surface area contributed by atoms with E-state index in [2.05, 4.69) is 17.3 Å². The largest absolute Gasteiger partial charge is 0.389 e. The molecule has 0 aromatic heterocycles. The van der Waals surface area contributed by atoms with Gasteiger partial charge in [0, 0.05) is 17.8 Å². The SMILES string of the molecule is CN1CCC(CNc2ccccc2C(N)=S)CC1. The van der Waals surface area contributed by atoms with Crippen LogP contribution in [0.15, 0.2) is 24.3 Å². The Hall–Kier alpha value is -1.13. The Kier molecular flexibility index (Phi) is 4.55. The van der Waals surface area contributed by atoms with Crippen LogP contribution in [0.25, 0.3) is 0 Å². The normalized spacial score (nSPS) is 17.6. The van der Waals surface area contributed by atoms with Crippen LogP contribution in [-0.4, -0.2) is 36.6 Å². The molecule has 0 saturated carbocycles. The highest BCUT2D eigenvalue weighted by atomic mass is 32.1. The lowest BCUT2D eigenvalue weighted by molar-refractivity contribution is 0.226. The van der Waals surface area contributed by atoms with E-state index in [1.165, 1.54) is 25.9 Å². The maximum atomic E-state index is 5.73. The van der Waals surface area contributed by atoms with E-state index in [9.17, 15) is 0 Å². The maximum Gasteiger partial charge on any atom is 0.106 e. The van der Waals surface area contributed by atoms with Gasteiger partial charge in [-0.3, -0.25) is 0 Å². The summed E-state index contributed by atoms with van der Waals surface area (Å²) in [4.78, 5) is 2.85. The Bertz CT molecular complexity index is 411. The number of hydrogen-bond donors (Lipinski definition) is 2. The first-order chi connectivity index (χ1) is 8.66. The highest BCUT2D eigenvalue weighted by Gasteiger charge is 2.16. The van der Waals surface area contributed by atoms with Crippen molar-refractivity contribution in [3.63, 3.8) is 0 Å². The van der Waals surface area contributed by atoms with Gasteiger partial charge in [-0.15, -0.1) is 0 Å². The van der Waals surface area contributed by atoms with Crippen molar-refractivity contribution in [1.82, 2.24) is 4.90 Å². The highest BCUT2D eigenvalue weighted by molar-refractivity contribution is 7.80. The molecule has 0 amide bonds. The fourth-order valence-corrected chi connectivity index (χ4v) is 2.55. The first-order valence-electron chi connectivity index (χ1n) is 6.48. The van der Waals surface area contributed by atoms with Crippen LogP contribution in [-0.2, 0) is 0 Å². The molecule has 1 aliphatic rings. The molecule has 1 aromatic rings. The average molecular weight is 263 g/mol. The van der Waals surface area contributed by atoms with Gasteiger partial charge in [0.1, 0.15) is 4.99 Å². The number of nitrogens with zero attached hydrogens (tertiary/aromatic N) is 1. The van der Waals surface area contributed by atoms with Crippen molar-refractivity contribution in [3.05, 3.63) is 29.8 Å². The molecule has 1 heterocycles. The Morgan fingerprint density at radius 3 is 2.72 bits per heavy atom. The van der Waals surface area contributed by atoms with Gasteiger partial charge in [-0.2, -0.15) is 0 Å². The molecular formula is C14H21N3S. The standard InChI is InChI=1S/C14H21N3S/c1-17-8-6-11(7-9-17)10-16-13-5-3-2-4-12(13)14(15)18/h2-5,11,16H,6-10H2,1H3,(H2,15,18). The van der Waals surface area contributed by atoms with Gasteiger partial charge in [-0.25, -0.2) is 0 Å². The minimum atomic E-state index is 0.460. The van der Waals surface area contributed by atoms with E-state index >= 15 is 0 Å². The predicted molar refractivity (Wildman–Crippen MR) is 81.0 cm³/mol. The maximum absolute atomic E-state index is 5.73. The van der Waals surface area contributed by atoms with Crippen molar-refractivity contribution in [2.24, 2.45) is 11.7 Å². The Morgan fingerprint density at radius 1 is 1.39 bits per heavy atom. The lowest BCUT2D eigenvalue weighted by Gasteiger charge is -2.29. The summed E-state index contributed by atoms with van der Waals surface area (Å²) in [7, 11) is 2.19. The molecule has 98 valence electrons. The van der Waals surface area contributed by atoms with Crippen molar-refractivity contribution in [2.75, 3.05) is 32.0 Å². The summed E-state index contributed by atoms with van der Waals surface area (Å²) in [6.07, 6.45) is 2.53. The van der Waals surface area contributed by atoms with Gasteiger partial charge in [0.05, 0.1) is 0 Å². The van der Waals surface area contributed by atoms with Gasteiger partial charge < -0.3 is 16.0 Å². The number of likely N-dealkylation sites (tertiary alicyclic amines) is 1. The smallest absolute Gasteiger partial charge is 0.106 e.